The average Bonchev–Trinajstić information content (AvgIpc) is 2.90. The fraction of sp³-hybridized carbons (Fsp3) is 0.333. The summed E-state index contributed by atoms with van der Waals surface area (Å²) >= 11 is 13.4. The summed E-state index contributed by atoms with van der Waals surface area (Å²) in [6, 6.07) is 5.04. The third-order valence-electron chi connectivity index (χ3n) is 6.16. The molecular weight excluding hydrogens is 509 g/mol. The van der Waals surface area contributed by atoms with E-state index in [4.69, 9.17) is 47.1 Å². The largest absolute Gasteiger partial charge is 0.495 e. The molecule has 12 heteroatoms. The van der Waals surface area contributed by atoms with Crippen molar-refractivity contribution in [2.24, 2.45) is 0 Å². The number of anilines is 1. The summed E-state index contributed by atoms with van der Waals surface area (Å²) in [6.07, 6.45) is 3.86. The van der Waals surface area contributed by atoms with Gasteiger partial charge in [0.2, 0.25) is 12.4 Å². The molecule has 1 amide bonds. The second-order valence-corrected chi connectivity index (χ2v) is 8.92. The van der Waals surface area contributed by atoms with Gasteiger partial charge in [0.05, 0.1) is 54.8 Å². The van der Waals surface area contributed by atoms with Crippen LogP contribution in [0.15, 0.2) is 30.6 Å². The normalized spacial score (nSPS) is 20.4. The number of amides is 1. The van der Waals surface area contributed by atoms with Crippen molar-refractivity contribution in [2.45, 2.75) is 24.6 Å². The molecule has 3 unspecified atom stereocenters. The number of benzene rings is 1. The molecule has 0 saturated carbocycles. The fourth-order valence-corrected chi connectivity index (χ4v) is 5.09. The van der Waals surface area contributed by atoms with Gasteiger partial charge in [-0.2, -0.15) is 0 Å². The number of rotatable bonds is 7. The summed E-state index contributed by atoms with van der Waals surface area (Å²) < 4.78 is 22.8. The molecule has 0 bridgehead atoms. The first kappa shape index (κ1) is 24.4. The van der Waals surface area contributed by atoms with Crippen molar-refractivity contribution in [3.63, 3.8) is 0 Å². The number of hydrogen-bond acceptors (Lipinski definition) is 9. The summed E-state index contributed by atoms with van der Waals surface area (Å²) in [7, 11) is 3.02. The maximum absolute atomic E-state index is 11.0. The molecule has 2 N–H and O–H groups in total. The molecule has 4 heterocycles. The van der Waals surface area contributed by atoms with E-state index in [1.165, 1.54) is 14.2 Å². The van der Waals surface area contributed by atoms with E-state index in [9.17, 15) is 4.79 Å². The molecule has 0 spiro atoms. The summed E-state index contributed by atoms with van der Waals surface area (Å²) in [5.41, 5.74) is 2.34. The zero-order valence-electron chi connectivity index (χ0n) is 19.5. The van der Waals surface area contributed by atoms with E-state index in [2.05, 4.69) is 20.6 Å². The van der Waals surface area contributed by atoms with Crippen LogP contribution in [0.4, 0.5) is 5.95 Å². The Morgan fingerprint density at radius 1 is 1.14 bits per heavy atom. The van der Waals surface area contributed by atoms with Gasteiger partial charge in [-0.25, -0.2) is 9.97 Å². The average molecular weight is 532 g/mol. The second kappa shape index (κ2) is 10.3. The quantitative estimate of drug-likeness (QED) is 0.440. The Kier molecular flexibility index (Phi) is 6.99. The smallest absolute Gasteiger partial charge is 0.223 e. The van der Waals surface area contributed by atoms with Crippen molar-refractivity contribution >= 4 is 35.6 Å². The van der Waals surface area contributed by atoms with Crippen LogP contribution in [0.5, 0.6) is 17.2 Å². The monoisotopic (exact) mass is 531 g/mol. The number of halogens is 2. The van der Waals surface area contributed by atoms with Crippen LogP contribution in [0.3, 0.4) is 0 Å². The lowest BCUT2D eigenvalue weighted by molar-refractivity contribution is -0.110. The first-order valence-electron chi connectivity index (χ1n) is 11.2. The van der Waals surface area contributed by atoms with Crippen LogP contribution in [0.2, 0.25) is 10.0 Å². The predicted octanol–water partition coefficient (Wildman–Crippen LogP) is 3.66. The third-order valence-corrected chi connectivity index (χ3v) is 6.94. The highest BCUT2D eigenvalue weighted by Gasteiger charge is 2.35. The first-order chi connectivity index (χ1) is 17.5. The SMILES string of the molecule is COc1cc(OC)c(Cl)c(C2Oc3cnc(NC4COCCC4NC=O)nc3-c3cccnc32)c1Cl. The van der Waals surface area contributed by atoms with Gasteiger partial charge in [0.25, 0.3) is 0 Å². The van der Waals surface area contributed by atoms with Crippen molar-refractivity contribution in [3.8, 4) is 28.5 Å². The molecule has 1 aromatic carbocycles. The lowest BCUT2D eigenvalue weighted by Gasteiger charge is -2.32. The maximum Gasteiger partial charge on any atom is 0.223 e. The third kappa shape index (κ3) is 4.36. The number of methoxy groups -OCH3 is 2. The molecular formula is C24H23Cl2N5O5. The summed E-state index contributed by atoms with van der Waals surface area (Å²) in [6.45, 7) is 0.987. The number of pyridine rings is 1. The number of carbonyl (C=O) groups excluding carboxylic acids is 1. The minimum absolute atomic E-state index is 0.0993. The van der Waals surface area contributed by atoms with Crippen molar-refractivity contribution in [3.05, 3.63) is 51.9 Å². The summed E-state index contributed by atoms with van der Waals surface area (Å²) in [5.74, 6) is 1.59. The molecule has 188 valence electrons. The zero-order chi connectivity index (χ0) is 25.2. The minimum atomic E-state index is -0.756. The molecule has 0 aliphatic carbocycles. The molecule has 36 heavy (non-hydrogen) atoms. The van der Waals surface area contributed by atoms with E-state index < -0.39 is 6.10 Å². The Morgan fingerprint density at radius 3 is 2.64 bits per heavy atom. The summed E-state index contributed by atoms with van der Waals surface area (Å²) in [4.78, 5) is 24.7. The van der Waals surface area contributed by atoms with Crippen LogP contribution in [-0.4, -0.2) is 60.9 Å². The van der Waals surface area contributed by atoms with E-state index in [1.807, 2.05) is 12.1 Å². The van der Waals surface area contributed by atoms with Gasteiger partial charge in [-0.1, -0.05) is 23.2 Å². The molecule has 5 rings (SSSR count). The molecule has 2 aromatic heterocycles. The van der Waals surface area contributed by atoms with E-state index in [0.29, 0.717) is 76.2 Å². The number of nitrogens with one attached hydrogen (secondary N) is 2. The highest BCUT2D eigenvalue weighted by Crippen LogP contribution is 2.50. The molecule has 1 fully saturated rings. The lowest BCUT2D eigenvalue weighted by Crippen LogP contribution is -2.50. The number of nitrogens with zero attached hydrogens (tertiary/aromatic N) is 3. The summed E-state index contributed by atoms with van der Waals surface area (Å²) in [5, 5.41) is 6.68. The number of ether oxygens (including phenoxy) is 4. The van der Waals surface area contributed by atoms with Crippen molar-refractivity contribution in [2.75, 3.05) is 32.8 Å². The zero-order valence-corrected chi connectivity index (χ0v) is 21.0. The van der Waals surface area contributed by atoms with Gasteiger partial charge in [0.15, 0.2) is 11.9 Å². The van der Waals surface area contributed by atoms with Gasteiger partial charge in [-0.3, -0.25) is 9.78 Å². The molecule has 10 nitrogen and oxygen atoms in total. The molecule has 2 aliphatic heterocycles. The van der Waals surface area contributed by atoms with Gasteiger partial charge in [-0.05, 0) is 18.6 Å². The van der Waals surface area contributed by atoms with E-state index >= 15 is 0 Å². The standard InChI is InChI=1S/C24H23Cl2N5O5/c1-33-15-8-16(34-2)20(26)18(19(15)25)23-22-12(4-3-6-27-22)21-17(36-23)9-28-24(31-21)30-14-10-35-7-5-13(14)29-11-32/h3-4,6,8-9,11,13-14,23H,5,7,10H2,1-2H3,(H,29,32)(H,28,30,31). The highest BCUT2D eigenvalue weighted by atomic mass is 35.5. The van der Waals surface area contributed by atoms with Crippen LogP contribution < -0.4 is 24.8 Å². The Balaban J connectivity index is 1.54. The van der Waals surface area contributed by atoms with Gasteiger partial charge in [0, 0.05) is 30.0 Å². The number of hydrogen-bond donors (Lipinski definition) is 2. The van der Waals surface area contributed by atoms with Gasteiger partial charge in [-0.15, -0.1) is 0 Å². The van der Waals surface area contributed by atoms with Gasteiger partial charge >= 0.3 is 0 Å². The molecule has 1 saturated heterocycles. The highest BCUT2D eigenvalue weighted by molar-refractivity contribution is 6.38. The predicted molar refractivity (Wildman–Crippen MR) is 133 cm³/mol. The van der Waals surface area contributed by atoms with Gasteiger partial charge < -0.3 is 29.6 Å². The van der Waals surface area contributed by atoms with Crippen LogP contribution in [-0.2, 0) is 9.53 Å². The number of carbonyl (C=O) groups is 1. The number of aromatic nitrogens is 3. The Labute approximate surface area is 217 Å². The Hall–Kier alpha value is -3.34. The lowest BCUT2D eigenvalue weighted by atomic mass is 9.96. The van der Waals surface area contributed by atoms with E-state index in [-0.39, 0.29) is 12.1 Å². The minimum Gasteiger partial charge on any atom is -0.495 e. The van der Waals surface area contributed by atoms with Crippen molar-refractivity contribution < 1.29 is 23.7 Å². The van der Waals surface area contributed by atoms with E-state index in [1.54, 1.807) is 18.5 Å². The van der Waals surface area contributed by atoms with Crippen LogP contribution in [0.25, 0.3) is 11.3 Å². The molecule has 0 radical (unpaired) electrons. The number of fused-ring (bicyclic) bond motifs is 3. The van der Waals surface area contributed by atoms with Crippen LogP contribution in [0.1, 0.15) is 23.8 Å². The maximum atomic E-state index is 11.0. The fourth-order valence-electron chi connectivity index (χ4n) is 4.39. The molecule has 3 aromatic rings. The van der Waals surface area contributed by atoms with Crippen molar-refractivity contribution in [1.82, 2.24) is 20.3 Å². The Morgan fingerprint density at radius 2 is 1.92 bits per heavy atom. The van der Waals surface area contributed by atoms with Gasteiger partial charge in [0.1, 0.15) is 17.2 Å². The van der Waals surface area contributed by atoms with Crippen LogP contribution >= 0.6 is 23.2 Å². The second-order valence-electron chi connectivity index (χ2n) is 8.17. The topological polar surface area (TPSA) is 117 Å². The van der Waals surface area contributed by atoms with E-state index in [0.717, 1.165) is 5.56 Å². The van der Waals surface area contributed by atoms with Crippen molar-refractivity contribution in [1.29, 1.82) is 0 Å². The van der Waals surface area contributed by atoms with Crippen LogP contribution in [0, 0.1) is 0 Å². The molecule has 2 aliphatic rings. The Bertz CT molecular complexity index is 1270. The molecule has 3 atom stereocenters. The first-order valence-corrected chi connectivity index (χ1v) is 11.9.